The van der Waals surface area contributed by atoms with Crippen LogP contribution in [0.3, 0.4) is 0 Å². The molecule has 0 saturated heterocycles. The maximum absolute atomic E-state index is 13.0. The average molecular weight is 324 g/mol. The molecule has 0 aromatic heterocycles. The summed E-state index contributed by atoms with van der Waals surface area (Å²) >= 11 is 0. The fourth-order valence-electron chi connectivity index (χ4n) is 3.16. The molecule has 3 aromatic rings. The molecule has 1 aliphatic rings. The Bertz CT molecular complexity index is 941. The summed E-state index contributed by atoms with van der Waals surface area (Å²) in [6.07, 6.45) is 3.86. The van der Waals surface area contributed by atoms with Gasteiger partial charge in [-0.15, -0.1) is 0 Å². The number of hydrogen-bond donors (Lipinski definition) is 1. The highest BCUT2D eigenvalue weighted by Gasteiger charge is 2.30. The minimum Gasteiger partial charge on any atom is -0.225 e. The van der Waals surface area contributed by atoms with Gasteiger partial charge in [-0.2, -0.15) is 0 Å². The third-order valence-electron chi connectivity index (χ3n) is 4.36. The largest absolute Gasteiger partial charge is 0.347 e. The van der Waals surface area contributed by atoms with E-state index in [0.717, 1.165) is 33.0 Å². The Balaban J connectivity index is 1.86. The molecule has 1 atom stereocenters. The topological polar surface area (TPSA) is 21.5 Å². The monoisotopic (exact) mass is 324 g/mol. The number of carbonyl (C=O) groups is 1. The van der Waals surface area contributed by atoms with Gasteiger partial charge in [0.15, 0.2) is 5.70 Å². The maximum atomic E-state index is 13.0. The van der Waals surface area contributed by atoms with Crippen LogP contribution in [0.4, 0.5) is 5.69 Å². The molecular weight excluding hydrogens is 306 g/mol. The van der Waals surface area contributed by atoms with Gasteiger partial charge in [-0.3, -0.25) is 0 Å². The van der Waals surface area contributed by atoms with Crippen LogP contribution in [0, 0.1) is 0 Å². The second-order valence-corrected chi connectivity index (χ2v) is 6.00. The van der Waals surface area contributed by atoms with Gasteiger partial charge in [-0.25, -0.2) is 9.69 Å². The van der Waals surface area contributed by atoms with Gasteiger partial charge >= 0.3 is 5.91 Å². The van der Waals surface area contributed by atoms with E-state index in [1.165, 1.54) is 0 Å². The second-order valence-electron chi connectivity index (χ2n) is 6.00. The van der Waals surface area contributed by atoms with E-state index in [2.05, 4.69) is 18.2 Å². The van der Waals surface area contributed by atoms with Crippen LogP contribution in [0.1, 0.15) is 11.1 Å². The Morgan fingerprint density at radius 2 is 1.08 bits per heavy atom. The highest BCUT2D eigenvalue weighted by molar-refractivity contribution is 6.01. The van der Waals surface area contributed by atoms with Crippen LogP contribution in [0.2, 0.25) is 0 Å². The Morgan fingerprint density at radius 1 is 0.560 bits per heavy atom. The molecule has 1 unspecified atom stereocenters. The third-order valence-corrected chi connectivity index (χ3v) is 4.36. The van der Waals surface area contributed by atoms with Crippen LogP contribution in [-0.4, -0.2) is 5.91 Å². The maximum Gasteiger partial charge on any atom is 0.347 e. The first-order chi connectivity index (χ1) is 12.3. The van der Waals surface area contributed by atoms with Crippen LogP contribution < -0.4 is 4.90 Å². The van der Waals surface area contributed by atoms with Gasteiger partial charge in [0.1, 0.15) is 5.69 Å². The van der Waals surface area contributed by atoms with E-state index in [1.807, 2.05) is 78.9 Å². The molecule has 120 valence electrons. The number of para-hydroxylation sites is 1. The van der Waals surface area contributed by atoms with Crippen LogP contribution >= 0.6 is 0 Å². The lowest BCUT2D eigenvalue weighted by Crippen LogP contribution is -3.07. The Labute approximate surface area is 147 Å². The Kier molecular flexibility index (Phi) is 4.11. The Morgan fingerprint density at radius 3 is 1.68 bits per heavy atom. The van der Waals surface area contributed by atoms with Crippen molar-refractivity contribution in [1.29, 1.82) is 0 Å². The standard InChI is InChI=1S/C23H17NO/c25-23-17-20(18-10-4-1-5-11-18)16-22(19-12-6-2-7-13-19)24(23)21-14-8-3-9-15-21/h1-17H/p+1. The predicted molar refractivity (Wildman–Crippen MR) is 101 cm³/mol. The molecule has 3 aromatic carbocycles. The first-order valence-electron chi connectivity index (χ1n) is 8.34. The normalized spacial score (nSPS) is 17.0. The second kappa shape index (κ2) is 6.71. The summed E-state index contributed by atoms with van der Waals surface area (Å²) in [7, 11) is 0. The first-order valence-corrected chi connectivity index (χ1v) is 8.34. The lowest BCUT2D eigenvalue weighted by molar-refractivity contribution is -0.661. The highest BCUT2D eigenvalue weighted by Crippen LogP contribution is 2.23. The van der Waals surface area contributed by atoms with E-state index < -0.39 is 0 Å². The highest BCUT2D eigenvalue weighted by atomic mass is 16.2. The van der Waals surface area contributed by atoms with Crippen molar-refractivity contribution >= 4 is 22.9 Å². The fraction of sp³-hybridized carbons (Fsp3) is 0. The van der Waals surface area contributed by atoms with Crippen LogP contribution in [0.5, 0.6) is 0 Å². The summed E-state index contributed by atoms with van der Waals surface area (Å²) in [6, 6.07) is 30.0. The van der Waals surface area contributed by atoms with Crippen LogP contribution in [0.15, 0.2) is 103 Å². The zero-order valence-electron chi connectivity index (χ0n) is 13.7. The van der Waals surface area contributed by atoms with Gasteiger partial charge in [-0.05, 0) is 35.4 Å². The molecule has 0 fully saturated rings. The van der Waals surface area contributed by atoms with Crippen LogP contribution in [-0.2, 0) is 4.79 Å². The van der Waals surface area contributed by atoms with Gasteiger partial charge in [-0.1, -0.05) is 66.7 Å². The molecule has 2 nitrogen and oxygen atoms in total. The van der Waals surface area contributed by atoms with Gasteiger partial charge in [0.05, 0.1) is 6.08 Å². The molecule has 0 spiro atoms. The van der Waals surface area contributed by atoms with Crippen molar-refractivity contribution in [3.63, 3.8) is 0 Å². The zero-order chi connectivity index (χ0) is 17.1. The number of hydrogen-bond acceptors (Lipinski definition) is 1. The molecule has 0 saturated carbocycles. The van der Waals surface area contributed by atoms with E-state index in [-0.39, 0.29) is 5.91 Å². The van der Waals surface area contributed by atoms with Crippen molar-refractivity contribution in [3.8, 4) is 0 Å². The lowest BCUT2D eigenvalue weighted by atomic mass is 9.97. The van der Waals surface area contributed by atoms with Gasteiger partial charge < -0.3 is 0 Å². The number of amides is 1. The smallest absolute Gasteiger partial charge is 0.225 e. The van der Waals surface area contributed by atoms with Crippen molar-refractivity contribution in [2.75, 3.05) is 0 Å². The van der Waals surface area contributed by atoms with Crippen molar-refractivity contribution in [1.82, 2.24) is 0 Å². The van der Waals surface area contributed by atoms with Gasteiger partial charge in [0, 0.05) is 11.6 Å². The quantitative estimate of drug-likeness (QED) is 0.776. The average Bonchev–Trinajstić information content (AvgIpc) is 2.69. The summed E-state index contributed by atoms with van der Waals surface area (Å²) in [4.78, 5) is 13.8. The molecule has 2 heteroatoms. The van der Waals surface area contributed by atoms with E-state index in [0.29, 0.717) is 0 Å². The lowest BCUT2D eigenvalue weighted by Gasteiger charge is -2.22. The Hall–Kier alpha value is -3.23. The molecule has 1 N–H and O–H groups in total. The fourth-order valence-corrected chi connectivity index (χ4v) is 3.16. The summed E-state index contributed by atoms with van der Waals surface area (Å²) in [6.45, 7) is 0. The molecule has 0 aliphatic carbocycles. The molecule has 1 amide bonds. The molecule has 1 aliphatic heterocycles. The molecule has 4 rings (SSSR count). The number of nitrogens with one attached hydrogen (secondary N) is 1. The molecule has 25 heavy (non-hydrogen) atoms. The van der Waals surface area contributed by atoms with Gasteiger partial charge in [0.25, 0.3) is 0 Å². The van der Waals surface area contributed by atoms with Crippen molar-refractivity contribution in [2.45, 2.75) is 0 Å². The number of benzene rings is 3. The number of carbonyl (C=O) groups excluding carboxylic acids is 1. The minimum atomic E-state index is 0.0476. The number of allylic oxidation sites excluding steroid dienone is 2. The summed E-state index contributed by atoms with van der Waals surface area (Å²) < 4.78 is 0. The summed E-state index contributed by atoms with van der Waals surface area (Å²) in [5.74, 6) is 0.0476. The van der Waals surface area contributed by atoms with E-state index in [4.69, 9.17) is 0 Å². The van der Waals surface area contributed by atoms with Gasteiger partial charge in [0.2, 0.25) is 0 Å². The predicted octanol–water partition coefficient (Wildman–Crippen LogP) is 3.87. The molecule has 0 radical (unpaired) electrons. The summed E-state index contributed by atoms with van der Waals surface area (Å²) in [5.41, 5.74) is 4.97. The molecular formula is C23H18NO+. The van der Waals surface area contributed by atoms with Crippen LogP contribution in [0.25, 0.3) is 11.3 Å². The van der Waals surface area contributed by atoms with E-state index in [9.17, 15) is 4.79 Å². The number of rotatable bonds is 3. The third kappa shape index (κ3) is 3.08. The molecule has 0 bridgehead atoms. The van der Waals surface area contributed by atoms with E-state index >= 15 is 0 Å². The van der Waals surface area contributed by atoms with Crippen molar-refractivity contribution < 1.29 is 9.69 Å². The van der Waals surface area contributed by atoms with E-state index in [1.54, 1.807) is 6.08 Å². The zero-order valence-corrected chi connectivity index (χ0v) is 13.7. The summed E-state index contributed by atoms with van der Waals surface area (Å²) in [5, 5.41) is 0. The van der Waals surface area contributed by atoms with Crippen molar-refractivity contribution in [2.24, 2.45) is 0 Å². The van der Waals surface area contributed by atoms with Crippen molar-refractivity contribution in [3.05, 3.63) is 114 Å². The first kappa shape index (κ1) is 15.3. The minimum absolute atomic E-state index is 0.0476. The number of quaternary nitrogens is 1. The SMILES string of the molecule is O=C1C=C(c2ccccc2)C=C(c2ccccc2)[NH+]1c1ccccc1. The molecule has 1 heterocycles.